The van der Waals surface area contributed by atoms with Crippen molar-refractivity contribution in [2.45, 2.75) is 31.0 Å². The maximum Gasteiger partial charge on any atom is 0.417 e. The fourth-order valence-corrected chi connectivity index (χ4v) is 4.08. The third kappa shape index (κ3) is 4.54. The molecule has 0 fully saturated rings. The Morgan fingerprint density at radius 1 is 1.17 bits per heavy atom. The molecule has 0 saturated heterocycles. The number of halogens is 3. The Balaban J connectivity index is 3.61. The molecule has 6 nitrogen and oxygen atoms in total. The van der Waals surface area contributed by atoms with Crippen LogP contribution >= 0.6 is 7.60 Å². The van der Waals surface area contributed by atoms with Gasteiger partial charge in [0.25, 0.3) is 10.1 Å². The molecule has 0 radical (unpaired) electrons. The Bertz CT molecular complexity index is 714. The first-order chi connectivity index (χ1) is 10.4. The van der Waals surface area contributed by atoms with Crippen LogP contribution in [0.1, 0.15) is 19.4 Å². The molecular formula is C12H16F3O6PS. The van der Waals surface area contributed by atoms with Crippen molar-refractivity contribution in [2.75, 3.05) is 14.2 Å². The second kappa shape index (κ2) is 6.90. The minimum atomic E-state index is -5.01. The van der Waals surface area contributed by atoms with Crippen LogP contribution in [0.15, 0.2) is 23.1 Å². The van der Waals surface area contributed by atoms with Crippen molar-refractivity contribution >= 4 is 23.0 Å². The van der Waals surface area contributed by atoms with E-state index in [9.17, 15) is 26.2 Å². The zero-order valence-electron chi connectivity index (χ0n) is 12.7. The quantitative estimate of drug-likeness (QED) is 0.561. The van der Waals surface area contributed by atoms with Crippen molar-refractivity contribution in [3.8, 4) is 0 Å². The molecular weight excluding hydrogens is 360 g/mol. The van der Waals surface area contributed by atoms with Gasteiger partial charge in [0.05, 0.1) is 24.1 Å². The highest BCUT2D eigenvalue weighted by molar-refractivity contribution is 7.86. The van der Waals surface area contributed by atoms with E-state index in [1.807, 2.05) is 0 Å². The second-order valence-electron chi connectivity index (χ2n) is 4.63. The van der Waals surface area contributed by atoms with E-state index < -0.39 is 45.8 Å². The van der Waals surface area contributed by atoms with Gasteiger partial charge in [0, 0.05) is 7.11 Å². The highest BCUT2D eigenvalue weighted by Gasteiger charge is 2.40. The van der Waals surface area contributed by atoms with E-state index in [0.717, 1.165) is 20.3 Å². The van der Waals surface area contributed by atoms with Crippen molar-refractivity contribution < 1.29 is 39.4 Å². The summed E-state index contributed by atoms with van der Waals surface area (Å²) in [5, 5.41) is -0.406. The molecule has 1 rings (SSSR count). The van der Waals surface area contributed by atoms with Crippen LogP contribution in [-0.4, -0.2) is 28.7 Å². The van der Waals surface area contributed by atoms with Crippen molar-refractivity contribution in [3.63, 3.8) is 0 Å². The van der Waals surface area contributed by atoms with Crippen LogP contribution in [0.5, 0.6) is 0 Å². The first-order valence-corrected chi connectivity index (χ1v) is 9.19. The summed E-state index contributed by atoms with van der Waals surface area (Å²) in [4.78, 5) is -1.08. The van der Waals surface area contributed by atoms with E-state index >= 15 is 0 Å². The summed E-state index contributed by atoms with van der Waals surface area (Å²) in [5.74, 6) is 0. The predicted octanol–water partition coefficient (Wildman–Crippen LogP) is 2.93. The summed E-state index contributed by atoms with van der Waals surface area (Å²) in [6.45, 7) is 3.06. The van der Waals surface area contributed by atoms with Crippen molar-refractivity contribution in [1.29, 1.82) is 0 Å². The zero-order chi connectivity index (χ0) is 18.1. The predicted molar refractivity (Wildman–Crippen MR) is 76.1 cm³/mol. The van der Waals surface area contributed by atoms with Crippen molar-refractivity contribution in [2.24, 2.45) is 0 Å². The average molecular weight is 376 g/mol. The molecule has 1 aromatic rings. The molecule has 1 atom stereocenters. The topological polar surface area (TPSA) is 78.9 Å². The van der Waals surface area contributed by atoms with Crippen LogP contribution in [0.2, 0.25) is 0 Å². The van der Waals surface area contributed by atoms with Gasteiger partial charge >= 0.3 is 13.8 Å². The van der Waals surface area contributed by atoms with Crippen LogP contribution in [0, 0.1) is 0 Å². The number of benzene rings is 1. The molecule has 23 heavy (non-hydrogen) atoms. The van der Waals surface area contributed by atoms with Gasteiger partial charge in [-0.1, -0.05) is 0 Å². The number of alkyl halides is 3. The monoisotopic (exact) mass is 376 g/mol. The normalized spacial score (nSPS) is 15.7. The van der Waals surface area contributed by atoms with E-state index in [0.29, 0.717) is 12.1 Å². The van der Waals surface area contributed by atoms with Gasteiger partial charge in [-0.3, -0.25) is 8.75 Å². The molecule has 0 spiro atoms. The molecule has 1 aromatic carbocycles. The van der Waals surface area contributed by atoms with Gasteiger partial charge in [0.1, 0.15) is 4.90 Å². The molecule has 0 N–H and O–H groups in total. The Kier molecular flexibility index (Phi) is 6.04. The standard InChI is InChI=1S/C12H16F3O6PS/c1-8(2)21-22(16,19-3)9-5-6-11(23(17,18)20-4)10(7-9)12(13,14)15/h5-8H,1-4H3. The third-order valence-electron chi connectivity index (χ3n) is 2.66. The Hall–Kier alpha value is -0.930. The van der Waals surface area contributed by atoms with Gasteiger partial charge in [-0.25, -0.2) is 0 Å². The highest BCUT2D eigenvalue weighted by atomic mass is 32.2. The lowest BCUT2D eigenvalue weighted by Gasteiger charge is -2.21. The first-order valence-electron chi connectivity index (χ1n) is 6.24. The largest absolute Gasteiger partial charge is 0.417 e. The molecule has 0 bridgehead atoms. The summed E-state index contributed by atoms with van der Waals surface area (Å²) >= 11 is 0. The van der Waals surface area contributed by atoms with Gasteiger partial charge in [0.15, 0.2) is 0 Å². The maximum absolute atomic E-state index is 13.2. The zero-order valence-corrected chi connectivity index (χ0v) is 14.5. The Morgan fingerprint density at radius 2 is 1.74 bits per heavy atom. The molecule has 1 unspecified atom stereocenters. The minimum absolute atomic E-state index is 0.406. The molecule has 0 aliphatic carbocycles. The summed E-state index contributed by atoms with van der Waals surface area (Å²) < 4.78 is 89.2. The van der Waals surface area contributed by atoms with Crippen LogP contribution in [0.25, 0.3) is 0 Å². The number of hydrogen-bond donors (Lipinski definition) is 0. The van der Waals surface area contributed by atoms with Crippen LogP contribution in [0.4, 0.5) is 13.2 Å². The Morgan fingerprint density at radius 3 is 2.13 bits per heavy atom. The van der Waals surface area contributed by atoms with Gasteiger partial charge in [0.2, 0.25) is 0 Å². The van der Waals surface area contributed by atoms with E-state index in [1.165, 1.54) is 13.8 Å². The summed E-state index contributed by atoms with van der Waals surface area (Å²) in [7, 11) is -6.85. The fraction of sp³-hybridized carbons (Fsp3) is 0.500. The van der Waals surface area contributed by atoms with Gasteiger partial charge in [-0.15, -0.1) is 0 Å². The SMILES string of the molecule is COP(=O)(OC(C)C)c1ccc(S(=O)(=O)OC)c(C(F)(F)F)c1. The minimum Gasteiger partial charge on any atom is -0.309 e. The average Bonchev–Trinajstić information content (AvgIpc) is 2.44. The van der Waals surface area contributed by atoms with E-state index in [4.69, 9.17) is 9.05 Å². The Labute approximate surface area is 132 Å². The van der Waals surface area contributed by atoms with E-state index in [-0.39, 0.29) is 0 Å². The maximum atomic E-state index is 13.2. The molecule has 0 aliphatic heterocycles. The van der Waals surface area contributed by atoms with E-state index in [2.05, 4.69) is 4.18 Å². The molecule has 132 valence electrons. The molecule has 0 aliphatic rings. The summed E-state index contributed by atoms with van der Waals surface area (Å²) in [6.07, 6.45) is -5.59. The molecule has 0 heterocycles. The number of hydrogen-bond acceptors (Lipinski definition) is 6. The second-order valence-corrected chi connectivity index (χ2v) is 8.40. The van der Waals surface area contributed by atoms with Gasteiger partial charge < -0.3 is 9.05 Å². The smallest absolute Gasteiger partial charge is 0.309 e. The number of rotatable bonds is 6. The first kappa shape index (κ1) is 20.1. The lowest BCUT2D eigenvalue weighted by Crippen LogP contribution is -2.20. The van der Waals surface area contributed by atoms with Crippen LogP contribution in [0.3, 0.4) is 0 Å². The van der Waals surface area contributed by atoms with E-state index in [1.54, 1.807) is 0 Å². The molecule has 11 heteroatoms. The van der Waals surface area contributed by atoms with Crippen LogP contribution in [-0.2, 0) is 34.1 Å². The van der Waals surface area contributed by atoms with Gasteiger partial charge in [-0.2, -0.15) is 21.6 Å². The highest BCUT2D eigenvalue weighted by Crippen LogP contribution is 2.48. The van der Waals surface area contributed by atoms with Crippen molar-refractivity contribution in [3.05, 3.63) is 23.8 Å². The summed E-state index contributed by atoms with van der Waals surface area (Å²) in [5.41, 5.74) is -1.51. The molecule has 0 aromatic heterocycles. The van der Waals surface area contributed by atoms with Gasteiger partial charge in [-0.05, 0) is 32.0 Å². The third-order valence-corrected chi connectivity index (χ3v) is 6.09. The van der Waals surface area contributed by atoms with Crippen LogP contribution < -0.4 is 5.30 Å². The van der Waals surface area contributed by atoms with Crippen molar-refractivity contribution in [1.82, 2.24) is 0 Å². The fourth-order valence-electron chi connectivity index (χ4n) is 1.70. The summed E-state index contributed by atoms with van der Waals surface area (Å²) in [6, 6.07) is 2.03. The lowest BCUT2D eigenvalue weighted by atomic mass is 10.2. The molecule has 0 amide bonds. The molecule has 0 saturated carbocycles. The lowest BCUT2D eigenvalue weighted by molar-refractivity contribution is -0.139.